The Bertz CT molecular complexity index is 498. The third-order valence-corrected chi connectivity index (χ3v) is 3.57. The molecule has 1 aromatic carbocycles. The molecule has 0 bridgehead atoms. The van der Waals surface area contributed by atoms with E-state index in [2.05, 4.69) is 22.6 Å². The molecule has 0 amide bonds. The van der Waals surface area contributed by atoms with Crippen LogP contribution in [0.4, 0.5) is 0 Å². The van der Waals surface area contributed by atoms with E-state index < -0.39 is 11.6 Å². The van der Waals surface area contributed by atoms with Crippen molar-refractivity contribution in [1.82, 2.24) is 0 Å². The number of carbonyl (C=O) groups excluding carboxylic acids is 1. The van der Waals surface area contributed by atoms with Crippen molar-refractivity contribution in [3.05, 3.63) is 28.8 Å². The van der Waals surface area contributed by atoms with Gasteiger partial charge in [-0.3, -0.25) is 0 Å². The van der Waals surface area contributed by atoms with E-state index in [1.807, 2.05) is 32.9 Å². The van der Waals surface area contributed by atoms with E-state index >= 15 is 0 Å². The van der Waals surface area contributed by atoms with E-state index in [4.69, 9.17) is 4.74 Å². The Labute approximate surface area is 114 Å². The molecular formula is C13H15IO3. The quantitative estimate of drug-likeness (QED) is 0.368. The lowest BCUT2D eigenvalue weighted by molar-refractivity contribution is -0.150. The molecule has 1 heterocycles. The number of hydrogen-bond donors (Lipinski definition) is 1. The second-order valence-electron chi connectivity index (χ2n) is 5.12. The first-order valence-electron chi connectivity index (χ1n) is 5.43. The summed E-state index contributed by atoms with van der Waals surface area (Å²) in [6.45, 7) is 7.52. The molecule has 0 aromatic heterocycles. The third kappa shape index (κ3) is 1.97. The molecule has 1 aromatic rings. The van der Waals surface area contributed by atoms with Gasteiger partial charge in [0, 0.05) is 14.5 Å². The van der Waals surface area contributed by atoms with Gasteiger partial charge in [-0.1, -0.05) is 34.2 Å². The number of aryl methyl sites for hydroxylation is 1. The monoisotopic (exact) mass is 346 g/mol. The first-order chi connectivity index (χ1) is 7.64. The lowest BCUT2D eigenvalue weighted by Crippen LogP contribution is -2.29. The number of alkyl halides is 1. The van der Waals surface area contributed by atoms with Crippen molar-refractivity contribution < 1.29 is 14.6 Å². The summed E-state index contributed by atoms with van der Waals surface area (Å²) in [6.07, 6.45) is 0. The van der Waals surface area contributed by atoms with Crippen molar-refractivity contribution in [2.75, 3.05) is 0 Å². The van der Waals surface area contributed by atoms with E-state index in [9.17, 15) is 9.90 Å². The summed E-state index contributed by atoms with van der Waals surface area (Å²) in [5, 5.41) is 10.2. The molecule has 0 spiro atoms. The fourth-order valence-corrected chi connectivity index (χ4v) is 2.39. The minimum absolute atomic E-state index is 0.158. The summed E-state index contributed by atoms with van der Waals surface area (Å²) in [7, 11) is 0. The number of halogens is 1. The average molecular weight is 346 g/mol. The summed E-state index contributed by atoms with van der Waals surface area (Å²) in [5.74, 6) is -0.0787. The van der Waals surface area contributed by atoms with Crippen LogP contribution < -0.4 is 4.74 Å². The number of ether oxygens (including phenoxy) is 1. The van der Waals surface area contributed by atoms with Crippen LogP contribution in [0.3, 0.4) is 0 Å². The lowest BCUT2D eigenvalue weighted by atomic mass is 9.90. The Balaban J connectivity index is 2.74. The van der Waals surface area contributed by atoms with Gasteiger partial charge in [0.15, 0.2) is 5.60 Å². The fraction of sp³-hybridized carbons (Fsp3) is 0.462. The lowest BCUT2D eigenvalue weighted by Gasteiger charge is -2.21. The van der Waals surface area contributed by atoms with Gasteiger partial charge in [-0.25, -0.2) is 4.79 Å². The van der Waals surface area contributed by atoms with Crippen molar-refractivity contribution in [3.63, 3.8) is 0 Å². The van der Waals surface area contributed by atoms with Crippen molar-refractivity contribution in [2.45, 2.75) is 36.7 Å². The van der Waals surface area contributed by atoms with E-state index in [0.29, 0.717) is 11.3 Å². The van der Waals surface area contributed by atoms with Crippen LogP contribution in [-0.2, 0) is 13.8 Å². The van der Waals surface area contributed by atoms with Crippen LogP contribution in [0.1, 0.15) is 37.5 Å². The van der Waals surface area contributed by atoms with Gasteiger partial charge in [-0.15, -0.1) is 0 Å². The Morgan fingerprint density at radius 1 is 1.41 bits per heavy atom. The predicted octanol–water partition coefficient (Wildman–Crippen LogP) is 2.79. The Morgan fingerprint density at radius 2 is 2.00 bits per heavy atom. The first-order valence-corrected chi connectivity index (χ1v) is 6.51. The highest BCUT2D eigenvalue weighted by Crippen LogP contribution is 2.46. The summed E-state index contributed by atoms with van der Waals surface area (Å²) < 4.78 is 5.08. The average Bonchev–Trinajstić information content (AvgIpc) is 2.38. The second kappa shape index (κ2) is 3.68. The molecule has 1 atom stereocenters. The minimum Gasteiger partial charge on any atom is -0.423 e. The Hall–Kier alpha value is -0.620. The minimum atomic E-state index is -1.53. The van der Waals surface area contributed by atoms with Crippen LogP contribution in [0.15, 0.2) is 12.1 Å². The molecule has 1 aliphatic heterocycles. The van der Waals surface area contributed by atoms with Crippen LogP contribution in [-0.4, -0.2) is 11.1 Å². The van der Waals surface area contributed by atoms with Gasteiger partial charge >= 0.3 is 5.97 Å². The Morgan fingerprint density at radius 3 is 2.53 bits per heavy atom. The second-order valence-corrected chi connectivity index (χ2v) is 7.82. The summed E-state index contributed by atoms with van der Waals surface area (Å²) in [6, 6.07) is 3.81. The standard InChI is InChI=1S/C13H15IO3/c1-7-5-8(12(2,3)14)10-9(6-7)13(4,16)11(15)17-10/h5-6,16H,1-4H3. The highest BCUT2D eigenvalue weighted by molar-refractivity contribution is 14.1. The van der Waals surface area contributed by atoms with Crippen molar-refractivity contribution >= 4 is 28.6 Å². The molecule has 3 nitrogen and oxygen atoms in total. The molecule has 17 heavy (non-hydrogen) atoms. The molecule has 0 saturated carbocycles. The van der Waals surface area contributed by atoms with Crippen molar-refractivity contribution in [3.8, 4) is 5.75 Å². The summed E-state index contributed by atoms with van der Waals surface area (Å²) in [4.78, 5) is 11.7. The van der Waals surface area contributed by atoms with E-state index in [-0.39, 0.29) is 3.42 Å². The maximum Gasteiger partial charge on any atom is 0.348 e. The van der Waals surface area contributed by atoms with Gasteiger partial charge in [0.2, 0.25) is 0 Å². The van der Waals surface area contributed by atoms with E-state index in [0.717, 1.165) is 11.1 Å². The first kappa shape index (κ1) is 12.8. The highest BCUT2D eigenvalue weighted by Gasteiger charge is 2.46. The topological polar surface area (TPSA) is 46.5 Å². The highest BCUT2D eigenvalue weighted by atomic mass is 127. The van der Waals surface area contributed by atoms with E-state index in [1.54, 1.807) is 0 Å². The molecule has 1 aliphatic rings. The number of aliphatic hydroxyl groups is 1. The third-order valence-electron chi connectivity index (χ3n) is 2.99. The van der Waals surface area contributed by atoms with Gasteiger partial charge in [-0.05, 0) is 33.8 Å². The zero-order valence-corrected chi connectivity index (χ0v) is 12.5. The Kier molecular flexibility index (Phi) is 2.78. The van der Waals surface area contributed by atoms with Gasteiger partial charge < -0.3 is 9.84 Å². The van der Waals surface area contributed by atoms with Crippen LogP contribution in [0.5, 0.6) is 5.75 Å². The molecular weight excluding hydrogens is 331 g/mol. The largest absolute Gasteiger partial charge is 0.423 e. The van der Waals surface area contributed by atoms with Gasteiger partial charge in [0.1, 0.15) is 5.75 Å². The maximum absolute atomic E-state index is 11.7. The molecule has 0 aliphatic carbocycles. The number of carbonyl (C=O) groups is 1. The number of fused-ring (bicyclic) bond motifs is 1. The fourth-order valence-electron chi connectivity index (χ4n) is 1.99. The summed E-state index contributed by atoms with van der Waals surface area (Å²) >= 11 is 2.30. The maximum atomic E-state index is 11.7. The molecule has 0 saturated heterocycles. The SMILES string of the molecule is Cc1cc(C(C)(C)I)c2c(c1)C(C)(O)C(=O)O2. The van der Waals surface area contributed by atoms with Crippen LogP contribution in [0, 0.1) is 6.92 Å². The molecule has 92 valence electrons. The normalized spacial score (nSPS) is 23.5. The van der Waals surface area contributed by atoms with Crippen LogP contribution in [0.2, 0.25) is 0 Å². The van der Waals surface area contributed by atoms with Gasteiger partial charge in [-0.2, -0.15) is 0 Å². The molecule has 1 N–H and O–H groups in total. The number of esters is 1. The zero-order chi connectivity index (χ0) is 13.0. The van der Waals surface area contributed by atoms with Crippen molar-refractivity contribution in [2.24, 2.45) is 0 Å². The molecule has 1 unspecified atom stereocenters. The molecule has 2 rings (SSSR count). The number of hydrogen-bond acceptors (Lipinski definition) is 3. The van der Waals surface area contributed by atoms with Gasteiger partial charge in [0.05, 0.1) is 0 Å². The van der Waals surface area contributed by atoms with Gasteiger partial charge in [0.25, 0.3) is 0 Å². The van der Waals surface area contributed by atoms with Crippen molar-refractivity contribution in [1.29, 1.82) is 0 Å². The number of benzene rings is 1. The predicted molar refractivity (Wildman–Crippen MR) is 73.4 cm³/mol. The smallest absolute Gasteiger partial charge is 0.348 e. The summed E-state index contributed by atoms with van der Waals surface area (Å²) in [5.41, 5.74) is 1.00. The molecule has 0 fully saturated rings. The molecule has 4 heteroatoms. The molecule has 0 radical (unpaired) electrons. The zero-order valence-electron chi connectivity index (χ0n) is 10.3. The number of rotatable bonds is 1. The van der Waals surface area contributed by atoms with Crippen LogP contribution in [0.25, 0.3) is 0 Å². The van der Waals surface area contributed by atoms with Crippen LogP contribution >= 0.6 is 22.6 Å². The van der Waals surface area contributed by atoms with E-state index in [1.165, 1.54) is 6.92 Å².